The van der Waals surface area contributed by atoms with Gasteiger partial charge in [0.25, 0.3) is 0 Å². The van der Waals surface area contributed by atoms with Crippen LogP contribution >= 0.6 is 0 Å². The summed E-state index contributed by atoms with van der Waals surface area (Å²) in [4.78, 5) is 39.9. The molecule has 0 fully saturated rings. The summed E-state index contributed by atoms with van der Waals surface area (Å²) in [5.41, 5.74) is 4.10. The molecule has 0 bridgehead atoms. The Hall–Kier alpha value is -4.24. The Labute approximate surface area is 172 Å². The predicted molar refractivity (Wildman–Crippen MR) is 103 cm³/mol. The molecular weight excluding hydrogens is 390 g/mol. The van der Waals surface area contributed by atoms with Gasteiger partial charge in [0.2, 0.25) is 11.8 Å². The molecule has 2 N–H and O–H groups in total. The van der Waals surface area contributed by atoms with Crippen LogP contribution in [0.15, 0.2) is 47.1 Å². The van der Waals surface area contributed by atoms with Crippen molar-refractivity contribution < 1.29 is 28.6 Å². The molecule has 1 aromatic rings. The molecule has 0 unspecified atom stereocenters. The van der Waals surface area contributed by atoms with Crippen LogP contribution in [0, 0.1) is 23.7 Å². The Kier molecular flexibility index (Phi) is 5.22. The van der Waals surface area contributed by atoms with Crippen LogP contribution in [0.2, 0.25) is 0 Å². The molecule has 30 heavy (non-hydrogen) atoms. The lowest BCUT2D eigenvalue weighted by molar-refractivity contribution is -0.141. The third-order valence-corrected chi connectivity index (χ3v) is 4.96. The van der Waals surface area contributed by atoms with E-state index in [1.165, 1.54) is 4.90 Å². The van der Waals surface area contributed by atoms with Gasteiger partial charge in [-0.25, -0.2) is 4.79 Å². The highest BCUT2D eigenvalue weighted by Gasteiger charge is 2.62. The number of methoxy groups -OCH3 is 2. The quantitative estimate of drug-likeness (QED) is 0.567. The molecule has 0 saturated carbocycles. The zero-order valence-electron chi connectivity index (χ0n) is 16.2. The maximum Gasteiger partial charge on any atom is 0.339 e. The highest BCUT2D eigenvalue weighted by Crippen LogP contribution is 2.54. The topological polar surface area (TPSA) is 132 Å². The maximum atomic E-state index is 13.8. The number of rotatable bonds is 4. The molecular formula is C21H17N3O6. The van der Waals surface area contributed by atoms with Crippen molar-refractivity contribution >= 4 is 23.5 Å². The summed E-state index contributed by atoms with van der Waals surface area (Å²) in [7, 11) is 2.26. The maximum absolute atomic E-state index is 13.8. The highest BCUT2D eigenvalue weighted by molar-refractivity contribution is 6.19. The molecule has 9 nitrogen and oxygen atoms in total. The van der Waals surface area contributed by atoms with Crippen LogP contribution < -0.4 is 10.6 Å². The fourth-order valence-electron chi connectivity index (χ4n) is 3.77. The van der Waals surface area contributed by atoms with E-state index in [1.54, 1.807) is 24.3 Å². The van der Waals surface area contributed by atoms with Crippen LogP contribution in [-0.2, 0) is 34.0 Å². The summed E-state index contributed by atoms with van der Waals surface area (Å²) in [6.07, 6.45) is 4.93. The van der Waals surface area contributed by atoms with Crippen molar-refractivity contribution in [3.8, 4) is 18.4 Å². The van der Waals surface area contributed by atoms with Crippen LogP contribution in [0.5, 0.6) is 0 Å². The van der Waals surface area contributed by atoms with Gasteiger partial charge in [-0.2, -0.15) is 5.26 Å². The molecule has 0 aromatic heterocycles. The van der Waals surface area contributed by atoms with E-state index in [2.05, 4.69) is 10.7 Å². The fourth-order valence-corrected chi connectivity index (χ4v) is 3.77. The molecule has 0 radical (unpaired) electrons. The van der Waals surface area contributed by atoms with Crippen molar-refractivity contribution in [3.63, 3.8) is 0 Å². The Bertz CT molecular complexity index is 1100. The normalized spacial score (nSPS) is 19.7. The molecule has 1 amide bonds. The second kappa shape index (κ2) is 7.64. The van der Waals surface area contributed by atoms with Gasteiger partial charge in [-0.1, -0.05) is 24.1 Å². The molecule has 1 atom stereocenters. The minimum atomic E-state index is -1.97. The average Bonchev–Trinajstić information content (AvgIpc) is 2.97. The molecule has 2 aliphatic heterocycles. The average molecular weight is 407 g/mol. The number of carbonyl (C=O) groups excluding carboxylic acids is 3. The number of hydrogen-bond donors (Lipinski definition) is 1. The zero-order valence-corrected chi connectivity index (χ0v) is 16.2. The van der Waals surface area contributed by atoms with E-state index >= 15 is 0 Å². The summed E-state index contributed by atoms with van der Waals surface area (Å²) in [6.45, 7) is -0.113. The first-order valence-corrected chi connectivity index (χ1v) is 8.70. The summed E-state index contributed by atoms with van der Waals surface area (Å²) in [5.74, 6) is -0.627. The predicted octanol–water partition coefficient (Wildman–Crippen LogP) is 0.618. The lowest BCUT2D eigenvalue weighted by Gasteiger charge is -2.34. The van der Waals surface area contributed by atoms with Crippen molar-refractivity contribution in [3.05, 3.63) is 52.6 Å². The van der Waals surface area contributed by atoms with Gasteiger partial charge in [0.05, 0.1) is 20.8 Å². The number of nitrogens with zero attached hydrogens (tertiary/aromatic N) is 2. The molecule has 1 spiro atoms. The molecule has 0 saturated heterocycles. The van der Waals surface area contributed by atoms with E-state index in [0.717, 1.165) is 14.2 Å². The van der Waals surface area contributed by atoms with E-state index in [0.29, 0.717) is 11.3 Å². The molecule has 1 aromatic carbocycles. The number of nitriles is 1. The second-order valence-corrected chi connectivity index (χ2v) is 6.36. The van der Waals surface area contributed by atoms with Crippen LogP contribution in [0.1, 0.15) is 12.0 Å². The van der Waals surface area contributed by atoms with Gasteiger partial charge in [0.1, 0.15) is 29.4 Å². The second-order valence-electron chi connectivity index (χ2n) is 6.36. The van der Waals surface area contributed by atoms with Crippen molar-refractivity contribution in [2.75, 3.05) is 25.7 Å². The SMILES string of the molecule is C#CCN1C(=O)[C@@]2(C(C#N)=C(N)OC(CC(=O)OC)=C2C(=O)OC)c2ccccc21. The number of esters is 2. The summed E-state index contributed by atoms with van der Waals surface area (Å²) >= 11 is 0. The first-order valence-electron chi connectivity index (χ1n) is 8.70. The number of nitrogens with two attached hydrogens (primary N) is 1. The number of fused-ring (bicyclic) bond motifs is 2. The van der Waals surface area contributed by atoms with Gasteiger partial charge in [-0.05, 0) is 6.07 Å². The van der Waals surface area contributed by atoms with Gasteiger partial charge in [-0.15, -0.1) is 6.42 Å². The molecule has 2 aliphatic rings. The number of hydrogen-bond acceptors (Lipinski definition) is 8. The summed E-state index contributed by atoms with van der Waals surface area (Å²) in [6, 6.07) is 8.43. The number of ether oxygens (including phenoxy) is 3. The minimum absolute atomic E-state index is 0.113. The Morgan fingerprint density at radius 1 is 1.30 bits per heavy atom. The number of carbonyl (C=O) groups is 3. The number of amides is 1. The van der Waals surface area contributed by atoms with E-state index in [1.807, 2.05) is 6.07 Å². The largest absolute Gasteiger partial charge is 0.469 e. The molecule has 9 heteroatoms. The van der Waals surface area contributed by atoms with E-state index in [9.17, 15) is 19.6 Å². The summed E-state index contributed by atoms with van der Waals surface area (Å²) in [5, 5.41) is 9.89. The number of anilines is 1. The van der Waals surface area contributed by atoms with Crippen molar-refractivity contribution in [2.24, 2.45) is 5.73 Å². The zero-order chi connectivity index (χ0) is 22.1. The number of terminal acetylenes is 1. The molecule has 152 valence electrons. The lowest BCUT2D eigenvalue weighted by Crippen LogP contribution is -2.48. The van der Waals surface area contributed by atoms with E-state index < -0.39 is 35.6 Å². The minimum Gasteiger partial charge on any atom is -0.469 e. The van der Waals surface area contributed by atoms with Crippen LogP contribution in [0.25, 0.3) is 0 Å². The molecule has 3 rings (SSSR count). The first kappa shape index (κ1) is 20.5. The van der Waals surface area contributed by atoms with Crippen LogP contribution in [-0.4, -0.2) is 38.6 Å². The fraction of sp³-hybridized carbons (Fsp3) is 0.238. The van der Waals surface area contributed by atoms with Gasteiger partial charge < -0.3 is 19.9 Å². The number of benzene rings is 1. The third-order valence-electron chi connectivity index (χ3n) is 4.96. The van der Waals surface area contributed by atoms with Crippen LogP contribution in [0.3, 0.4) is 0 Å². The van der Waals surface area contributed by atoms with Crippen molar-refractivity contribution in [1.29, 1.82) is 5.26 Å². The smallest absolute Gasteiger partial charge is 0.339 e. The Balaban J connectivity index is 2.45. The van der Waals surface area contributed by atoms with Crippen molar-refractivity contribution in [1.82, 2.24) is 0 Å². The Morgan fingerprint density at radius 3 is 2.60 bits per heavy atom. The van der Waals surface area contributed by atoms with Gasteiger partial charge in [0.15, 0.2) is 5.41 Å². The van der Waals surface area contributed by atoms with Gasteiger partial charge in [-0.3, -0.25) is 14.5 Å². The summed E-state index contributed by atoms with van der Waals surface area (Å²) < 4.78 is 15.0. The highest BCUT2D eigenvalue weighted by atomic mass is 16.5. The van der Waals surface area contributed by atoms with Gasteiger partial charge >= 0.3 is 11.9 Å². The Morgan fingerprint density at radius 2 is 2.00 bits per heavy atom. The standard InChI is InChI=1S/C21H17N3O6/c1-4-9-24-14-8-6-5-7-12(14)21(20(24)27)13(11-22)18(23)30-15(10-16(25)28-2)17(21)19(26)29-3/h1,5-8H,9-10,23H2,2-3H3/t21-/m1/s1. The third kappa shape index (κ3) is 2.68. The molecule has 0 aliphatic carbocycles. The monoisotopic (exact) mass is 407 g/mol. The van der Waals surface area contributed by atoms with E-state index in [-0.39, 0.29) is 23.5 Å². The van der Waals surface area contributed by atoms with E-state index in [4.69, 9.17) is 21.6 Å². The van der Waals surface area contributed by atoms with Crippen LogP contribution in [0.4, 0.5) is 5.69 Å². The number of para-hydroxylation sites is 1. The van der Waals surface area contributed by atoms with Gasteiger partial charge in [0, 0.05) is 11.3 Å². The lowest BCUT2D eigenvalue weighted by atomic mass is 9.68. The van der Waals surface area contributed by atoms with Crippen molar-refractivity contribution in [2.45, 2.75) is 11.8 Å². The molecule has 2 heterocycles. The first-order chi connectivity index (χ1) is 14.4.